The first kappa shape index (κ1) is 16.8. The molecule has 0 spiro atoms. The first-order valence-corrected chi connectivity index (χ1v) is 8.31. The van der Waals surface area contributed by atoms with E-state index in [1.165, 1.54) is 12.8 Å². The van der Waals surface area contributed by atoms with Gasteiger partial charge in [-0.05, 0) is 31.9 Å². The zero-order valence-electron chi connectivity index (χ0n) is 12.9. The predicted molar refractivity (Wildman–Crippen MR) is 88.0 cm³/mol. The summed E-state index contributed by atoms with van der Waals surface area (Å²) in [7, 11) is 0. The molecule has 0 saturated heterocycles. The maximum Gasteiger partial charge on any atom is 0.253 e. The smallest absolute Gasteiger partial charge is 0.253 e. The monoisotopic (exact) mass is 322 g/mol. The van der Waals surface area contributed by atoms with Crippen LogP contribution in [0.25, 0.3) is 0 Å². The van der Waals surface area contributed by atoms with E-state index in [1.807, 2.05) is 0 Å². The summed E-state index contributed by atoms with van der Waals surface area (Å²) in [5, 5.41) is 6.14. The van der Waals surface area contributed by atoms with Crippen LogP contribution in [0.4, 0.5) is 0 Å². The van der Waals surface area contributed by atoms with Crippen molar-refractivity contribution in [3.05, 3.63) is 34.9 Å². The van der Waals surface area contributed by atoms with Crippen molar-refractivity contribution >= 4 is 23.4 Å². The Morgan fingerprint density at radius 2 is 1.77 bits per heavy atom. The molecular weight excluding hydrogens is 300 g/mol. The molecule has 0 aromatic heterocycles. The van der Waals surface area contributed by atoms with Gasteiger partial charge in [-0.2, -0.15) is 0 Å². The molecule has 0 bridgehead atoms. The van der Waals surface area contributed by atoms with Crippen LogP contribution in [0, 0.1) is 0 Å². The molecule has 1 aliphatic rings. The minimum atomic E-state index is -0.577. The molecule has 2 N–H and O–H groups in total. The normalized spacial score (nSPS) is 17.4. The molecule has 0 radical (unpaired) electrons. The van der Waals surface area contributed by atoms with Crippen molar-refractivity contribution in [3.63, 3.8) is 0 Å². The summed E-state index contributed by atoms with van der Waals surface area (Å²) in [6.45, 7) is 1.70. The highest BCUT2D eigenvalue weighted by molar-refractivity contribution is 6.33. The van der Waals surface area contributed by atoms with Crippen LogP contribution in [0.5, 0.6) is 0 Å². The lowest BCUT2D eigenvalue weighted by Crippen LogP contribution is -2.48. The number of hydrogen-bond donors (Lipinski definition) is 2. The molecule has 1 saturated carbocycles. The van der Waals surface area contributed by atoms with E-state index in [1.54, 1.807) is 31.2 Å². The zero-order valence-corrected chi connectivity index (χ0v) is 13.7. The highest BCUT2D eigenvalue weighted by atomic mass is 35.5. The zero-order chi connectivity index (χ0) is 15.9. The van der Waals surface area contributed by atoms with Gasteiger partial charge in [-0.3, -0.25) is 9.59 Å². The van der Waals surface area contributed by atoms with Crippen molar-refractivity contribution in [1.82, 2.24) is 10.6 Å². The van der Waals surface area contributed by atoms with Crippen LogP contribution in [0.2, 0.25) is 5.02 Å². The van der Waals surface area contributed by atoms with Gasteiger partial charge in [0.15, 0.2) is 0 Å². The number of rotatable bonds is 4. The standard InChI is InChI=1S/C17H23ClN2O2/c1-12(16(21)20-13-8-4-2-3-5-9-13)19-17(22)14-10-6-7-11-15(14)18/h6-7,10-13H,2-5,8-9H2,1H3,(H,19,22)(H,20,21)/t12-/m1/s1. The lowest BCUT2D eigenvalue weighted by Gasteiger charge is -2.20. The van der Waals surface area contributed by atoms with E-state index in [2.05, 4.69) is 10.6 Å². The molecule has 2 amide bonds. The van der Waals surface area contributed by atoms with E-state index in [0.717, 1.165) is 25.7 Å². The summed E-state index contributed by atoms with van der Waals surface area (Å²) in [5.74, 6) is -0.457. The fraction of sp³-hybridized carbons (Fsp3) is 0.529. The first-order valence-electron chi connectivity index (χ1n) is 7.93. The van der Waals surface area contributed by atoms with Crippen LogP contribution in [0.15, 0.2) is 24.3 Å². The minimum absolute atomic E-state index is 0.132. The van der Waals surface area contributed by atoms with Crippen molar-refractivity contribution in [2.45, 2.75) is 57.5 Å². The molecule has 1 aliphatic carbocycles. The third-order valence-corrected chi connectivity index (χ3v) is 4.39. The van der Waals surface area contributed by atoms with Crippen LogP contribution >= 0.6 is 11.6 Å². The molecule has 22 heavy (non-hydrogen) atoms. The summed E-state index contributed by atoms with van der Waals surface area (Å²) in [4.78, 5) is 24.4. The van der Waals surface area contributed by atoms with Crippen LogP contribution in [-0.4, -0.2) is 23.9 Å². The van der Waals surface area contributed by atoms with Gasteiger partial charge in [0.2, 0.25) is 5.91 Å². The van der Waals surface area contributed by atoms with Crippen LogP contribution in [0.1, 0.15) is 55.8 Å². The summed E-state index contributed by atoms with van der Waals surface area (Å²) < 4.78 is 0. The molecular formula is C17H23ClN2O2. The molecule has 5 heteroatoms. The number of amides is 2. The third-order valence-electron chi connectivity index (χ3n) is 4.06. The van der Waals surface area contributed by atoms with Gasteiger partial charge in [0, 0.05) is 6.04 Å². The second-order valence-corrected chi connectivity index (χ2v) is 6.28. The molecule has 2 rings (SSSR count). The molecule has 0 unspecified atom stereocenters. The Bertz CT molecular complexity index is 525. The molecule has 1 aromatic rings. The Labute approximate surface area is 136 Å². The number of hydrogen-bond acceptors (Lipinski definition) is 2. The van der Waals surface area contributed by atoms with Gasteiger partial charge in [0.25, 0.3) is 5.91 Å². The van der Waals surface area contributed by atoms with Gasteiger partial charge in [0.1, 0.15) is 6.04 Å². The molecule has 1 aromatic carbocycles. The number of benzene rings is 1. The molecule has 1 atom stereocenters. The highest BCUT2D eigenvalue weighted by Crippen LogP contribution is 2.17. The Hall–Kier alpha value is -1.55. The Morgan fingerprint density at radius 3 is 2.41 bits per heavy atom. The van der Waals surface area contributed by atoms with Gasteiger partial charge < -0.3 is 10.6 Å². The molecule has 0 heterocycles. The van der Waals surface area contributed by atoms with E-state index in [9.17, 15) is 9.59 Å². The lowest BCUT2D eigenvalue weighted by molar-refractivity contribution is -0.123. The van der Waals surface area contributed by atoms with Crippen molar-refractivity contribution < 1.29 is 9.59 Å². The van der Waals surface area contributed by atoms with Gasteiger partial charge in [-0.25, -0.2) is 0 Å². The maximum atomic E-state index is 12.2. The first-order chi connectivity index (χ1) is 10.6. The molecule has 0 aliphatic heterocycles. The molecule has 1 fully saturated rings. The summed E-state index contributed by atoms with van der Waals surface area (Å²) in [6.07, 6.45) is 6.85. The van der Waals surface area contributed by atoms with Gasteiger partial charge in [0.05, 0.1) is 10.6 Å². The number of halogens is 1. The predicted octanol–water partition coefficient (Wildman–Crippen LogP) is 3.30. The maximum absolute atomic E-state index is 12.2. The largest absolute Gasteiger partial charge is 0.352 e. The topological polar surface area (TPSA) is 58.2 Å². The van der Waals surface area contributed by atoms with Crippen molar-refractivity contribution in [2.24, 2.45) is 0 Å². The number of carbonyl (C=O) groups is 2. The Balaban J connectivity index is 1.88. The van der Waals surface area contributed by atoms with E-state index in [4.69, 9.17) is 11.6 Å². The Morgan fingerprint density at radius 1 is 1.14 bits per heavy atom. The third kappa shape index (κ3) is 4.73. The fourth-order valence-corrected chi connectivity index (χ4v) is 2.96. The van der Waals surface area contributed by atoms with Crippen molar-refractivity contribution in [1.29, 1.82) is 0 Å². The van der Waals surface area contributed by atoms with Crippen LogP contribution in [-0.2, 0) is 4.79 Å². The van der Waals surface area contributed by atoms with E-state index < -0.39 is 6.04 Å². The van der Waals surface area contributed by atoms with Crippen molar-refractivity contribution in [2.75, 3.05) is 0 Å². The van der Waals surface area contributed by atoms with Crippen LogP contribution < -0.4 is 10.6 Å². The van der Waals surface area contributed by atoms with Crippen LogP contribution in [0.3, 0.4) is 0 Å². The van der Waals surface area contributed by atoms with E-state index in [0.29, 0.717) is 10.6 Å². The lowest BCUT2D eigenvalue weighted by atomic mass is 10.1. The quantitative estimate of drug-likeness (QED) is 0.836. The summed E-state index contributed by atoms with van der Waals surface area (Å²) in [5.41, 5.74) is 0.387. The second kappa shape index (κ2) is 8.18. The average molecular weight is 323 g/mol. The minimum Gasteiger partial charge on any atom is -0.352 e. The Kier molecular flexibility index (Phi) is 6.25. The highest BCUT2D eigenvalue weighted by Gasteiger charge is 2.21. The van der Waals surface area contributed by atoms with Gasteiger partial charge in [-0.15, -0.1) is 0 Å². The van der Waals surface area contributed by atoms with Crippen molar-refractivity contribution in [3.8, 4) is 0 Å². The average Bonchev–Trinajstić information content (AvgIpc) is 2.76. The van der Waals surface area contributed by atoms with Gasteiger partial charge >= 0.3 is 0 Å². The number of carbonyl (C=O) groups excluding carboxylic acids is 2. The number of nitrogens with one attached hydrogen (secondary N) is 2. The molecule has 4 nitrogen and oxygen atoms in total. The summed E-state index contributed by atoms with van der Waals surface area (Å²) in [6, 6.07) is 6.47. The van der Waals surface area contributed by atoms with E-state index >= 15 is 0 Å². The van der Waals surface area contributed by atoms with Gasteiger partial charge in [-0.1, -0.05) is 49.4 Å². The molecule has 120 valence electrons. The summed E-state index contributed by atoms with van der Waals surface area (Å²) >= 11 is 5.99. The van der Waals surface area contributed by atoms with E-state index in [-0.39, 0.29) is 17.9 Å². The second-order valence-electron chi connectivity index (χ2n) is 5.87. The fourth-order valence-electron chi connectivity index (χ4n) is 2.74. The SMILES string of the molecule is C[C@@H](NC(=O)c1ccccc1Cl)C(=O)NC1CCCCCC1.